The maximum atomic E-state index is 11.4. The number of nitrogens with one attached hydrogen (secondary N) is 1. The molecule has 2 aliphatic heterocycles. The summed E-state index contributed by atoms with van der Waals surface area (Å²) >= 11 is 0. The molecular weight excluding hydrogens is 174 g/mol. The van der Waals surface area contributed by atoms with E-state index >= 15 is 0 Å². The van der Waals surface area contributed by atoms with Crippen LogP contribution in [-0.2, 0) is 19.0 Å². The first kappa shape index (κ1) is 8.93. The molecule has 0 aromatic carbocycles. The van der Waals surface area contributed by atoms with Crippen LogP contribution in [-0.4, -0.2) is 51.1 Å². The van der Waals surface area contributed by atoms with Crippen LogP contribution >= 0.6 is 0 Å². The lowest BCUT2D eigenvalue weighted by Crippen LogP contribution is -2.47. The van der Waals surface area contributed by atoms with E-state index in [1.807, 2.05) is 0 Å². The number of carbonyl (C=O) groups is 1. The molecule has 1 atom stereocenters. The van der Waals surface area contributed by atoms with Gasteiger partial charge in [0.2, 0.25) is 0 Å². The van der Waals surface area contributed by atoms with Gasteiger partial charge in [-0.2, -0.15) is 0 Å². The normalized spacial score (nSPS) is 29.4. The molecule has 2 heterocycles. The van der Waals surface area contributed by atoms with Gasteiger partial charge >= 0.3 is 5.97 Å². The Kier molecular flexibility index (Phi) is 2.77. The molecular formula is C8H13NO4. The van der Waals surface area contributed by atoms with E-state index in [1.54, 1.807) is 0 Å². The molecule has 2 aliphatic rings. The van der Waals surface area contributed by atoms with Crippen molar-refractivity contribution in [2.24, 2.45) is 0 Å². The third-order valence-electron chi connectivity index (χ3n) is 2.08. The summed E-state index contributed by atoms with van der Waals surface area (Å²) in [5, 5.41) is 3.07. The van der Waals surface area contributed by atoms with Gasteiger partial charge in [-0.05, 0) is 0 Å². The summed E-state index contributed by atoms with van der Waals surface area (Å²) in [6.07, 6.45) is -0.493. The van der Waals surface area contributed by atoms with Gasteiger partial charge in [-0.1, -0.05) is 0 Å². The monoisotopic (exact) mass is 187 g/mol. The van der Waals surface area contributed by atoms with Gasteiger partial charge in [0.15, 0.2) is 6.10 Å². The zero-order valence-corrected chi connectivity index (χ0v) is 7.32. The van der Waals surface area contributed by atoms with Gasteiger partial charge in [-0.3, -0.25) is 0 Å². The highest BCUT2D eigenvalue weighted by Crippen LogP contribution is 2.08. The summed E-state index contributed by atoms with van der Waals surface area (Å²) in [6.45, 7) is 2.96. The summed E-state index contributed by atoms with van der Waals surface area (Å²) in [5.74, 6) is -0.277. The smallest absolute Gasteiger partial charge is 0.337 e. The van der Waals surface area contributed by atoms with Crippen LogP contribution < -0.4 is 5.32 Å². The number of ether oxygens (including phenoxy) is 3. The zero-order chi connectivity index (χ0) is 9.10. The molecule has 0 saturated carbocycles. The van der Waals surface area contributed by atoms with Crippen LogP contribution in [0.2, 0.25) is 0 Å². The number of rotatable bonds is 2. The molecule has 0 aromatic heterocycles. The van der Waals surface area contributed by atoms with Crippen molar-refractivity contribution in [1.29, 1.82) is 0 Å². The zero-order valence-electron chi connectivity index (χ0n) is 7.32. The number of hydrogen-bond donors (Lipinski definition) is 1. The van der Waals surface area contributed by atoms with Gasteiger partial charge in [-0.15, -0.1) is 0 Å². The minimum Gasteiger partial charge on any atom is -0.455 e. The van der Waals surface area contributed by atoms with E-state index in [4.69, 9.17) is 14.2 Å². The number of esters is 1. The van der Waals surface area contributed by atoms with Crippen LogP contribution in [0.25, 0.3) is 0 Å². The largest absolute Gasteiger partial charge is 0.455 e. The van der Waals surface area contributed by atoms with Crippen molar-refractivity contribution in [1.82, 2.24) is 5.32 Å². The van der Waals surface area contributed by atoms with E-state index in [2.05, 4.69) is 5.32 Å². The van der Waals surface area contributed by atoms with Crippen LogP contribution in [0.15, 0.2) is 0 Å². The van der Waals surface area contributed by atoms with Gasteiger partial charge in [-0.25, -0.2) is 4.79 Å². The molecule has 2 fully saturated rings. The van der Waals surface area contributed by atoms with Crippen molar-refractivity contribution in [2.45, 2.75) is 12.2 Å². The summed E-state index contributed by atoms with van der Waals surface area (Å²) in [6, 6.07) is 0. The Morgan fingerprint density at radius 2 is 2.31 bits per heavy atom. The quantitative estimate of drug-likeness (QED) is 0.557. The van der Waals surface area contributed by atoms with Crippen LogP contribution in [0.4, 0.5) is 0 Å². The van der Waals surface area contributed by atoms with Crippen LogP contribution in [0, 0.1) is 0 Å². The lowest BCUT2D eigenvalue weighted by atomic mass is 10.3. The fraction of sp³-hybridized carbons (Fsp3) is 0.875. The minimum atomic E-state index is -0.436. The molecule has 5 nitrogen and oxygen atoms in total. The molecule has 2 rings (SSSR count). The van der Waals surface area contributed by atoms with E-state index in [-0.39, 0.29) is 12.1 Å². The maximum absolute atomic E-state index is 11.4. The molecule has 0 aromatic rings. The SMILES string of the molecule is O=C(OC1COC1)C1CNCCO1. The Labute approximate surface area is 76.3 Å². The number of hydrogen-bond acceptors (Lipinski definition) is 5. The first-order valence-electron chi connectivity index (χ1n) is 4.47. The lowest BCUT2D eigenvalue weighted by Gasteiger charge is -2.29. The van der Waals surface area contributed by atoms with Crippen molar-refractivity contribution in [3.63, 3.8) is 0 Å². The Morgan fingerprint density at radius 3 is 2.85 bits per heavy atom. The maximum Gasteiger partial charge on any atom is 0.337 e. The molecule has 1 N–H and O–H groups in total. The molecule has 0 radical (unpaired) electrons. The van der Waals surface area contributed by atoms with Crippen LogP contribution in [0.5, 0.6) is 0 Å². The van der Waals surface area contributed by atoms with E-state index < -0.39 is 6.10 Å². The predicted octanol–water partition coefficient (Wildman–Crippen LogP) is -1.08. The Bertz CT molecular complexity index is 187. The van der Waals surface area contributed by atoms with Gasteiger partial charge < -0.3 is 19.5 Å². The first-order chi connectivity index (χ1) is 6.36. The second-order valence-corrected chi connectivity index (χ2v) is 3.16. The topological polar surface area (TPSA) is 56.8 Å². The van der Waals surface area contributed by atoms with E-state index in [1.165, 1.54) is 0 Å². The fourth-order valence-electron chi connectivity index (χ4n) is 1.24. The Hall–Kier alpha value is -0.650. The average Bonchev–Trinajstić information content (AvgIpc) is 2.12. The summed E-state index contributed by atoms with van der Waals surface area (Å²) in [7, 11) is 0. The summed E-state index contributed by atoms with van der Waals surface area (Å²) < 4.78 is 15.2. The number of carbonyl (C=O) groups excluding carboxylic acids is 1. The summed E-state index contributed by atoms with van der Waals surface area (Å²) in [4.78, 5) is 11.4. The molecule has 5 heteroatoms. The van der Waals surface area contributed by atoms with E-state index in [0.29, 0.717) is 26.4 Å². The van der Waals surface area contributed by atoms with Crippen molar-refractivity contribution in [2.75, 3.05) is 32.9 Å². The molecule has 13 heavy (non-hydrogen) atoms. The molecule has 74 valence electrons. The minimum absolute atomic E-state index is 0.0574. The van der Waals surface area contributed by atoms with Crippen molar-refractivity contribution < 1.29 is 19.0 Å². The van der Waals surface area contributed by atoms with Crippen LogP contribution in [0.3, 0.4) is 0 Å². The third kappa shape index (κ3) is 2.18. The van der Waals surface area contributed by atoms with E-state index in [0.717, 1.165) is 6.54 Å². The Morgan fingerprint density at radius 1 is 1.46 bits per heavy atom. The molecule has 0 spiro atoms. The van der Waals surface area contributed by atoms with Gasteiger partial charge in [0.25, 0.3) is 0 Å². The number of morpholine rings is 1. The fourth-order valence-corrected chi connectivity index (χ4v) is 1.24. The molecule has 0 aliphatic carbocycles. The highest BCUT2D eigenvalue weighted by Gasteiger charge is 2.29. The Balaban J connectivity index is 1.74. The average molecular weight is 187 g/mol. The van der Waals surface area contributed by atoms with Gasteiger partial charge in [0, 0.05) is 13.1 Å². The molecule has 2 saturated heterocycles. The highest BCUT2D eigenvalue weighted by molar-refractivity contribution is 5.75. The van der Waals surface area contributed by atoms with Gasteiger partial charge in [0.05, 0.1) is 19.8 Å². The van der Waals surface area contributed by atoms with Crippen LogP contribution in [0.1, 0.15) is 0 Å². The molecule has 0 amide bonds. The summed E-state index contributed by atoms with van der Waals surface area (Å²) in [5.41, 5.74) is 0. The van der Waals surface area contributed by atoms with E-state index in [9.17, 15) is 4.79 Å². The van der Waals surface area contributed by atoms with Crippen molar-refractivity contribution in [3.05, 3.63) is 0 Å². The molecule has 0 bridgehead atoms. The standard InChI is InChI=1S/C8H13NO4/c10-8(13-6-4-11-5-6)7-3-9-1-2-12-7/h6-7,9H,1-5H2. The van der Waals surface area contributed by atoms with Crippen molar-refractivity contribution >= 4 is 5.97 Å². The highest BCUT2D eigenvalue weighted by atomic mass is 16.6. The first-order valence-corrected chi connectivity index (χ1v) is 4.47. The third-order valence-corrected chi connectivity index (χ3v) is 2.08. The molecule has 1 unspecified atom stereocenters. The predicted molar refractivity (Wildman–Crippen MR) is 43.3 cm³/mol. The van der Waals surface area contributed by atoms with Crippen molar-refractivity contribution in [3.8, 4) is 0 Å². The van der Waals surface area contributed by atoms with Gasteiger partial charge in [0.1, 0.15) is 6.10 Å². The second-order valence-electron chi connectivity index (χ2n) is 3.16. The second kappa shape index (κ2) is 4.04. The lowest BCUT2D eigenvalue weighted by molar-refractivity contribution is -0.185.